The highest BCUT2D eigenvalue weighted by Crippen LogP contribution is 2.41. The first-order valence-electron chi connectivity index (χ1n) is 9.89. The molecule has 4 aromatic rings. The highest BCUT2D eigenvalue weighted by molar-refractivity contribution is 7.13. The van der Waals surface area contributed by atoms with Crippen molar-refractivity contribution in [3.8, 4) is 22.1 Å². The molecule has 0 aliphatic carbocycles. The van der Waals surface area contributed by atoms with Crippen LogP contribution < -0.4 is 9.64 Å². The van der Waals surface area contributed by atoms with Crippen molar-refractivity contribution in [1.82, 2.24) is 19.7 Å². The minimum atomic E-state index is -4.75. The van der Waals surface area contributed by atoms with Crippen molar-refractivity contribution in [3.63, 3.8) is 0 Å². The zero-order valence-electron chi connectivity index (χ0n) is 17.2. The molecule has 0 radical (unpaired) electrons. The number of nitrogens with zero attached hydrogens (tertiary/aromatic N) is 5. The van der Waals surface area contributed by atoms with Gasteiger partial charge in [0, 0.05) is 46.8 Å². The van der Waals surface area contributed by atoms with Gasteiger partial charge < -0.3 is 9.64 Å². The first kappa shape index (κ1) is 20.5. The largest absolute Gasteiger partial charge is 0.573 e. The SMILES string of the molecule is Cc1cc(-n2ccc(-c3nccs3)n2)c2c(n1)N(c1cccc(OC(F)(F)F)c1C)CC2. The van der Waals surface area contributed by atoms with E-state index in [1.165, 1.54) is 17.4 Å². The third-order valence-corrected chi connectivity index (χ3v) is 6.10. The monoisotopic (exact) mass is 457 g/mol. The van der Waals surface area contributed by atoms with Gasteiger partial charge in [-0.1, -0.05) is 6.07 Å². The lowest BCUT2D eigenvalue weighted by atomic mass is 10.1. The van der Waals surface area contributed by atoms with Crippen molar-refractivity contribution in [3.05, 3.63) is 64.9 Å². The predicted molar refractivity (Wildman–Crippen MR) is 116 cm³/mol. The second-order valence-electron chi connectivity index (χ2n) is 7.42. The number of aryl methyl sites for hydroxylation is 1. The molecule has 0 unspecified atom stereocenters. The molecule has 3 aromatic heterocycles. The van der Waals surface area contributed by atoms with Crippen LogP contribution in [0, 0.1) is 13.8 Å². The molecule has 1 aliphatic rings. The average molecular weight is 457 g/mol. The Morgan fingerprint density at radius 3 is 2.72 bits per heavy atom. The van der Waals surface area contributed by atoms with Gasteiger partial charge in [0.15, 0.2) is 0 Å². The Labute approximate surface area is 185 Å². The number of anilines is 2. The Morgan fingerprint density at radius 1 is 1.12 bits per heavy atom. The molecular formula is C22H18F3N5OS. The van der Waals surface area contributed by atoms with Crippen molar-refractivity contribution in [1.29, 1.82) is 0 Å². The number of ether oxygens (including phenoxy) is 1. The first-order valence-corrected chi connectivity index (χ1v) is 10.8. The van der Waals surface area contributed by atoms with Gasteiger partial charge in [0.05, 0.1) is 5.69 Å². The van der Waals surface area contributed by atoms with E-state index in [0.717, 1.165) is 33.5 Å². The Morgan fingerprint density at radius 2 is 1.97 bits per heavy atom. The number of fused-ring (bicyclic) bond motifs is 1. The summed E-state index contributed by atoms with van der Waals surface area (Å²) >= 11 is 1.52. The zero-order chi connectivity index (χ0) is 22.5. The Balaban J connectivity index is 1.55. The standard InChI is InChI=1S/C22H18F3N5OS/c1-13-12-18(30-10-7-16(28-30)21-26-8-11-32-21)15-6-9-29(20(15)27-13)17-4-3-5-19(14(17)2)31-22(23,24)25/h3-5,7-8,10-12H,6,9H2,1-2H3. The van der Waals surface area contributed by atoms with Crippen molar-refractivity contribution >= 4 is 22.8 Å². The molecule has 0 spiro atoms. The summed E-state index contributed by atoms with van der Waals surface area (Å²) in [7, 11) is 0. The third kappa shape index (κ3) is 3.70. The molecule has 6 nitrogen and oxygen atoms in total. The summed E-state index contributed by atoms with van der Waals surface area (Å²) in [5.74, 6) is 0.509. The van der Waals surface area contributed by atoms with Crippen LogP contribution in [-0.4, -0.2) is 32.7 Å². The van der Waals surface area contributed by atoms with Crippen LogP contribution >= 0.6 is 11.3 Å². The van der Waals surface area contributed by atoms with Gasteiger partial charge in [-0.05, 0) is 44.5 Å². The fourth-order valence-electron chi connectivity index (χ4n) is 3.95. The minimum absolute atomic E-state index is 0.212. The van der Waals surface area contributed by atoms with Gasteiger partial charge in [0.2, 0.25) is 0 Å². The highest BCUT2D eigenvalue weighted by Gasteiger charge is 2.33. The molecule has 0 saturated carbocycles. The molecule has 0 bridgehead atoms. The van der Waals surface area contributed by atoms with Crippen molar-refractivity contribution in [2.75, 3.05) is 11.4 Å². The number of pyridine rings is 1. The van der Waals surface area contributed by atoms with E-state index in [4.69, 9.17) is 4.98 Å². The lowest BCUT2D eigenvalue weighted by Gasteiger charge is -2.23. The second kappa shape index (κ2) is 7.63. The Hall–Kier alpha value is -3.40. The number of alkyl halides is 3. The summed E-state index contributed by atoms with van der Waals surface area (Å²) in [5, 5.41) is 7.42. The van der Waals surface area contributed by atoms with Gasteiger partial charge in [-0.3, -0.25) is 0 Å². The molecule has 0 N–H and O–H groups in total. The Kier molecular flexibility index (Phi) is 4.89. The summed E-state index contributed by atoms with van der Waals surface area (Å²) in [6.45, 7) is 4.11. The Bertz CT molecular complexity index is 1280. The van der Waals surface area contributed by atoms with E-state index >= 15 is 0 Å². The van der Waals surface area contributed by atoms with Crippen LogP contribution in [0.3, 0.4) is 0 Å². The summed E-state index contributed by atoms with van der Waals surface area (Å²) in [5.41, 5.74) is 4.51. The molecule has 0 amide bonds. The second-order valence-corrected chi connectivity index (χ2v) is 8.31. The third-order valence-electron chi connectivity index (χ3n) is 5.31. The molecule has 1 aromatic carbocycles. The molecule has 1 aliphatic heterocycles. The summed E-state index contributed by atoms with van der Waals surface area (Å²) in [4.78, 5) is 11.0. The summed E-state index contributed by atoms with van der Waals surface area (Å²) in [6.07, 6.45) is -0.431. The number of benzene rings is 1. The van der Waals surface area contributed by atoms with Crippen LogP contribution in [0.4, 0.5) is 24.7 Å². The quantitative estimate of drug-likeness (QED) is 0.399. The van der Waals surface area contributed by atoms with Gasteiger partial charge in [-0.15, -0.1) is 24.5 Å². The van der Waals surface area contributed by atoms with Gasteiger partial charge >= 0.3 is 6.36 Å². The molecule has 164 valence electrons. The predicted octanol–water partition coefficient (Wildman–Crippen LogP) is 5.60. The van der Waals surface area contributed by atoms with E-state index in [2.05, 4.69) is 14.8 Å². The van der Waals surface area contributed by atoms with Crippen LogP contribution in [-0.2, 0) is 6.42 Å². The number of hydrogen-bond donors (Lipinski definition) is 0. The highest BCUT2D eigenvalue weighted by atomic mass is 32.1. The van der Waals surface area contributed by atoms with Crippen LogP contribution in [0.25, 0.3) is 16.4 Å². The molecule has 0 saturated heterocycles. The molecule has 0 atom stereocenters. The molecule has 32 heavy (non-hydrogen) atoms. The van der Waals surface area contributed by atoms with E-state index in [9.17, 15) is 13.2 Å². The van der Waals surface area contributed by atoms with E-state index in [0.29, 0.717) is 24.2 Å². The van der Waals surface area contributed by atoms with E-state index < -0.39 is 6.36 Å². The van der Waals surface area contributed by atoms with Crippen LogP contribution in [0.5, 0.6) is 5.75 Å². The number of rotatable bonds is 4. The van der Waals surface area contributed by atoms with Crippen LogP contribution in [0.1, 0.15) is 16.8 Å². The number of aromatic nitrogens is 4. The van der Waals surface area contributed by atoms with Crippen molar-refractivity contribution in [2.24, 2.45) is 0 Å². The first-order chi connectivity index (χ1) is 15.3. The summed E-state index contributed by atoms with van der Waals surface area (Å²) in [6, 6.07) is 8.55. The fourth-order valence-corrected chi connectivity index (χ4v) is 4.55. The fraction of sp³-hybridized carbons (Fsp3) is 0.227. The van der Waals surface area contributed by atoms with Crippen LogP contribution in [0.15, 0.2) is 48.1 Å². The number of hydrogen-bond acceptors (Lipinski definition) is 6. The number of halogens is 3. The van der Waals surface area contributed by atoms with E-state index in [1.54, 1.807) is 25.3 Å². The van der Waals surface area contributed by atoms with Crippen LogP contribution in [0.2, 0.25) is 0 Å². The maximum absolute atomic E-state index is 12.8. The lowest BCUT2D eigenvalue weighted by molar-refractivity contribution is -0.274. The minimum Gasteiger partial charge on any atom is -0.405 e. The van der Waals surface area contributed by atoms with Gasteiger partial charge in [-0.2, -0.15) is 5.10 Å². The van der Waals surface area contributed by atoms with E-state index in [1.807, 2.05) is 40.2 Å². The molecule has 4 heterocycles. The molecule has 0 fully saturated rings. The maximum Gasteiger partial charge on any atom is 0.573 e. The maximum atomic E-state index is 12.8. The van der Waals surface area contributed by atoms with Crippen molar-refractivity contribution < 1.29 is 17.9 Å². The lowest BCUT2D eigenvalue weighted by Crippen LogP contribution is -2.20. The van der Waals surface area contributed by atoms with Gasteiger partial charge in [0.1, 0.15) is 22.3 Å². The topological polar surface area (TPSA) is 56.1 Å². The smallest absolute Gasteiger partial charge is 0.405 e. The van der Waals surface area contributed by atoms with Crippen molar-refractivity contribution in [2.45, 2.75) is 26.6 Å². The average Bonchev–Trinajstić information content (AvgIpc) is 3.48. The van der Waals surface area contributed by atoms with Gasteiger partial charge in [0.25, 0.3) is 0 Å². The zero-order valence-corrected chi connectivity index (χ0v) is 18.0. The normalized spacial score (nSPS) is 13.5. The molecular weight excluding hydrogens is 439 g/mol. The summed E-state index contributed by atoms with van der Waals surface area (Å²) < 4.78 is 44.4. The molecule has 5 rings (SSSR count). The number of thiazole rings is 1. The van der Waals surface area contributed by atoms with E-state index in [-0.39, 0.29) is 5.75 Å². The molecule has 10 heteroatoms. The van der Waals surface area contributed by atoms with Gasteiger partial charge in [-0.25, -0.2) is 14.6 Å².